The summed E-state index contributed by atoms with van der Waals surface area (Å²) in [6.45, 7) is 5.75. The van der Waals surface area contributed by atoms with Gasteiger partial charge in [0, 0.05) is 26.2 Å². The maximum absolute atomic E-state index is 6.11. The van der Waals surface area contributed by atoms with E-state index in [2.05, 4.69) is 16.3 Å². The summed E-state index contributed by atoms with van der Waals surface area (Å²) in [6.07, 6.45) is 2.26. The predicted octanol–water partition coefficient (Wildman–Crippen LogP) is 2.19. The van der Waals surface area contributed by atoms with Crippen molar-refractivity contribution in [3.05, 3.63) is 28.8 Å². The van der Waals surface area contributed by atoms with Crippen LogP contribution < -0.4 is 10.1 Å². The number of halogens is 1. The first-order chi connectivity index (χ1) is 8.79. The molecule has 18 heavy (non-hydrogen) atoms. The van der Waals surface area contributed by atoms with Gasteiger partial charge in [-0.3, -0.25) is 0 Å². The number of benzene rings is 1. The van der Waals surface area contributed by atoms with E-state index in [9.17, 15) is 0 Å². The first kappa shape index (κ1) is 13.7. The van der Waals surface area contributed by atoms with Gasteiger partial charge in [0.1, 0.15) is 5.75 Å². The zero-order valence-electron chi connectivity index (χ0n) is 10.9. The molecule has 0 aliphatic carbocycles. The second-order valence-electron chi connectivity index (χ2n) is 4.66. The van der Waals surface area contributed by atoms with Crippen molar-refractivity contribution in [3.63, 3.8) is 0 Å². The molecule has 1 saturated heterocycles. The highest BCUT2D eigenvalue weighted by atomic mass is 35.5. The molecule has 1 aliphatic rings. The van der Waals surface area contributed by atoms with Gasteiger partial charge in [-0.05, 0) is 37.1 Å². The molecular formula is C14H21ClN2O. The van der Waals surface area contributed by atoms with Crippen LogP contribution in [0.3, 0.4) is 0 Å². The van der Waals surface area contributed by atoms with Gasteiger partial charge >= 0.3 is 0 Å². The Morgan fingerprint density at radius 1 is 1.33 bits per heavy atom. The molecule has 4 heteroatoms. The van der Waals surface area contributed by atoms with Crippen molar-refractivity contribution in [1.29, 1.82) is 0 Å². The fourth-order valence-corrected chi connectivity index (χ4v) is 2.59. The lowest BCUT2D eigenvalue weighted by Crippen LogP contribution is -2.43. The molecule has 100 valence electrons. The topological polar surface area (TPSA) is 24.5 Å². The van der Waals surface area contributed by atoms with Gasteiger partial charge in [0.25, 0.3) is 0 Å². The average Bonchev–Trinajstić information content (AvgIpc) is 2.40. The molecule has 1 N–H and O–H groups in total. The van der Waals surface area contributed by atoms with Crippen LogP contribution in [0.1, 0.15) is 12.0 Å². The zero-order chi connectivity index (χ0) is 12.8. The standard InChI is InChI=1S/C14H21ClN2O/c1-18-14-5-4-12(11-13(14)15)3-2-8-17-9-6-16-7-10-17/h4-5,11,16H,2-3,6-10H2,1H3. The third-order valence-corrected chi connectivity index (χ3v) is 3.66. The minimum atomic E-state index is 0.706. The van der Waals surface area contributed by atoms with E-state index in [1.807, 2.05) is 12.1 Å². The molecule has 0 saturated carbocycles. The Morgan fingerprint density at radius 3 is 2.78 bits per heavy atom. The lowest BCUT2D eigenvalue weighted by Gasteiger charge is -2.27. The van der Waals surface area contributed by atoms with E-state index in [0.29, 0.717) is 5.02 Å². The average molecular weight is 269 g/mol. The molecule has 1 aliphatic heterocycles. The maximum atomic E-state index is 6.11. The van der Waals surface area contributed by atoms with Crippen LogP contribution in [-0.2, 0) is 6.42 Å². The Morgan fingerprint density at radius 2 is 2.11 bits per heavy atom. The van der Waals surface area contributed by atoms with Gasteiger partial charge in [0.2, 0.25) is 0 Å². The van der Waals surface area contributed by atoms with Crippen LogP contribution in [0.2, 0.25) is 5.02 Å². The van der Waals surface area contributed by atoms with Crippen LogP contribution in [0.25, 0.3) is 0 Å². The smallest absolute Gasteiger partial charge is 0.137 e. The predicted molar refractivity (Wildman–Crippen MR) is 75.6 cm³/mol. The van der Waals surface area contributed by atoms with Crippen molar-refractivity contribution in [1.82, 2.24) is 10.2 Å². The van der Waals surface area contributed by atoms with Crippen molar-refractivity contribution in [2.24, 2.45) is 0 Å². The van der Waals surface area contributed by atoms with Crippen LogP contribution in [0.5, 0.6) is 5.75 Å². The molecule has 0 atom stereocenters. The summed E-state index contributed by atoms with van der Waals surface area (Å²) < 4.78 is 5.15. The molecule has 3 nitrogen and oxygen atoms in total. The van der Waals surface area contributed by atoms with Crippen molar-refractivity contribution < 1.29 is 4.74 Å². The number of nitrogens with zero attached hydrogens (tertiary/aromatic N) is 1. The molecule has 0 bridgehead atoms. The van der Waals surface area contributed by atoms with Gasteiger partial charge in [0.15, 0.2) is 0 Å². The fourth-order valence-electron chi connectivity index (χ4n) is 2.31. The van der Waals surface area contributed by atoms with Crippen LogP contribution in [0.4, 0.5) is 0 Å². The quantitative estimate of drug-likeness (QED) is 0.886. The first-order valence-electron chi connectivity index (χ1n) is 6.55. The van der Waals surface area contributed by atoms with E-state index in [1.54, 1.807) is 7.11 Å². The molecule has 0 unspecified atom stereocenters. The Kier molecular flexibility index (Phi) is 5.29. The van der Waals surface area contributed by atoms with Gasteiger partial charge in [-0.15, -0.1) is 0 Å². The van der Waals surface area contributed by atoms with Crippen molar-refractivity contribution >= 4 is 11.6 Å². The van der Waals surface area contributed by atoms with Gasteiger partial charge in [0.05, 0.1) is 12.1 Å². The van der Waals surface area contributed by atoms with E-state index in [-0.39, 0.29) is 0 Å². The normalized spacial score (nSPS) is 16.8. The number of aryl methyl sites for hydroxylation is 1. The SMILES string of the molecule is COc1ccc(CCCN2CCNCC2)cc1Cl. The number of rotatable bonds is 5. The molecular weight excluding hydrogens is 248 g/mol. The number of hydrogen-bond donors (Lipinski definition) is 1. The van der Waals surface area contributed by atoms with Gasteiger partial charge in [-0.1, -0.05) is 17.7 Å². The van der Waals surface area contributed by atoms with Crippen molar-refractivity contribution in [3.8, 4) is 5.75 Å². The summed E-state index contributed by atoms with van der Waals surface area (Å²) in [5, 5.41) is 4.08. The lowest BCUT2D eigenvalue weighted by atomic mass is 10.1. The number of nitrogens with one attached hydrogen (secondary N) is 1. The molecule has 1 aromatic carbocycles. The Labute approximate surface area is 114 Å². The molecule has 1 fully saturated rings. The minimum absolute atomic E-state index is 0.706. The Hall–Kier alpha value is -0.770. The second-order valence-corrected chi connectivity index (χ2v) is 5.07. The van der Waals surface area contributed by atoms with Crippen molar-refractivity contribution in [2.45, 2.75) is 12.8 Å². The Bertz CT molecular complexity index is 378. The summed E-state index contributed by atoms with van der Waals surface area (Å²) in [5.74, 6) is 0.752. The zero-order valence-corrected chi connectivity index (χ0v) is 11.7. The highest BCUT2D eigenvalue weighted by Gasteiger charge is 2.08. The molecule has 1 heterocycles. The lowest BCUT2D eigenvalue weighted by molar-refractivity contribution is 0.238. The third-order valence-electron chi connectivity index (χ3n) is 3.37. The molecule has 1 aromatic rings. The van der Waals surface area contributed by atoms with Gasteiger partial charge in [-0.2, -0.15) is 0 Å². The monoisotopic (exact) mass is 268 g/mol. The highest BCUT2D eigenvalue weighted by molar-refractivity contribution is 6.32. The maximum Gasteiger partial charge on any atom is 0.137 e. The fraction of sp³-hybridized carbons (Fsp3) is 0.571. The summed E-state index contributed by atoms with van der Waals surface area (Å²) in [6, 6.07) is 6.06. The summed E-state index contributed by atoms with van der Waals surface area (Å²) >= 11 is 6.11. The minimum Gasteiger partial charge on any atom is -0.495 e. The Balaban J connectivity index is 1.77. The first-order valence-corrected chi connectivity index (χ1v) is 6.93. The number of hydrogen-bond acceptors (Lipinski definition) is 3. The van der Waals surface area contributed by atoms with Crippen LogP contribution in [0, 0.1) is 0 Å². The summed E-state index contributed by atoms with van der Waals surface area (Å²) in [5.41, 5.74) is 1.29. The van der Waals surface area contributed by atoms with Gasteiger partial charge in [-0.25, -0.2) is 0 Å². The van der Waals surface area contributed by atoms with E-state index in [0.717, 1.165) is 25.3 Å². The van der Waals surface area contributed by atoms with E-state index < -0.39 is 0 Å². The molecule has 0 aromatic heterocycles. The number of piperazine rings is 1. The highest BCUT2D eigenvalue weighted by Crippen LogP contribution is 2.25. The molecule has 0 radical (unpaired) electrons. The summed E-state index contributed by atoms with van der Waals surface area (Å²) in [7, 11) is 1.64. The van der Waals surface area contributed by atoms with E-state index in [1.165, 1.54) is 31.6 Å². The second kappa shape index (κ2) is 6.98. The largest absolute Gasteiger partial charge is 0.495 e. The van der Waals surface area contributed by atoms with Gasteiger partial charge < -0.3 is 15.0 Å². The number of ether oxygens (including phenoxy) is 1. The third kappa shape index (κ3) is 3.87. The van der Waals surface area contributed by atoms with Crippen LogP contribution in [-0.4, -0.2) is 44.7 Å². The van der Waals surface area contributed by atoms with E-state index >= 15 is 0 Å². The van der Waals surface area contributed by atoms with Crippen molar-refractivity contribution in [2.75, 3.05) is 39.8 Å². The van der Waals surface area contributed by atoms with E-state index in [4.69, 9.17) is 16.3 Å². The summed E-state index contributed by atoms with van der Waals surface area (Å²) in [4.78, 5) is 2.52. The molecule has 0 amide bonds. The van der Waals surface area contributed by atoms with Crippen LogP contribution in [0.15, 0.2) is 18.2 Å². The van der Waals surface area contributed by atoms with Crippen LogP contribution >= 0.6 is 11.6 Å². The molecule has 0 spiro atoms. The molecule has 2 rings (SSSR count). The number of methoxy groups -OCH3 is 1.